The average Bonchev–Trinajstić information content (AvgIpc) is 3.02. The van der Waals surface area contributed by atoms with Crippen LogP contribution in [-0.2, 0) is 15.9 Å². The number of carbonyl (C=O) groups excluding carboxylic acids is 2. The number of aromatic nitrogens is 1. The molecule has 0 amide bonds. The number of methoxy groups -OCH3 is 2. The van der Waals surface area contributed by atoms with Crippen molar-refractivity contribution >= 4 is 49.1 Å². The summed E-state index contributed by atoms with van der Waals surface area (Å²) in [5.74, 6) is -0.424. The Kier molecular flexibility index (Phi) is 5.78. The second-order valence-corrected chi connectivity index (χ2v) is 7.65. The van der Waals surface area contributed by atoms with Crippen molar-refractivity contribution in [2.75, 3.05) is 14.2 Å². The van der Waals surface area contributed by atoms with E-state index in [1.807, 2.05) is 32.0 Å². The van der Waals surface area contributed by atoms with E-state index in [1.165, 1.54) is 14.2 Å². The molecule has 0 aliphatic heterocycles. The molecule has 3 rings (SSSR count). The molecule has 2 aromatic carbocycles. The number of esters is 1. The third kappa shape index (κ3) is 3.52. The summed E-state index contributed by atoms with van der Waals surface area (Å²) < 4.78 is 11.4. The summed E-state index contributed by atoms with van der Waals surface area (Å²) in [6, 6.07) is 9.24. The lowest BCUT2D eigenvalue weighted by atomic mass is 9.98. The first-order chi connectivity index (χ1) is 13.3. The highest BCUT2D eigenvalue weighted by Gasteiger charge is 2.21. The smallest absolute Gasteiger partial charge is 0.418 e. The first-order valence-electron chi connectivity index (χ1n) is 8.63. The van der Waals surface area contributed by atoms with Crippen molar-refractivity contribution in [3.63, 3.8) is 0 Å². The third-order valence-corrected chi connectivity index (χ3v) is 5.58. The van der Waals surface area contributed by atoms with Crippen LogP contribution in [-0.4, -0.2) is 30.8 Å². The van der Waals surface area contributed by atoms with Crippen molar-refractivity contribution in [3.05, 3.63) is 63.3 Å². The van der Waals surface area contributed by atoms with Crippen molar-refractivity contribution in [1.82, 2.24) is 4.57 Å². The summed E-state index contributed by atoms with van der Waals surface area (Å²) in [5.41, 5.74) is 4.49. The number of hydrogen-bond acceptors (Lipinski definition) is 4. The molecule has 0 spiro atoms. The van der Waals surface area contributed by atoms with Gasteiger partial charge in [0.1, 0.15) is 0 Å². The highest BCUT2D eigenvalue weighted by Crippen LogP contribution is 2.30. The van der Waals surface area contributed by atoms with Gasteiger partial charge in [0.05, 0.1) is 25.3 Å². The Morgan fingerprint density at radius 2 is 1.82 bits per heavy atom. The van der Waals surface area contributed by atoms with Crippen LogP contribution in [0.5, 0.6) is 0 Å². The van der Waals surface area contributed by atoms with Crippen LogP contribution < -0.4 is 5.30 Å². The number of ether oxygens (including phenoxy) is 2. The van der Waals surface area contributed by atoms with Gasteiger partial charge in [-0.2, -0.15) is 0 Å². The molecular weight excluding hydrogens is 397 g/mol. The normalized spacial score (nSPS) is 10.9. The van der Waals surface area contributed by atoms with Crippen molar-refractivity contribution in [2.24, 2.45) is 0 Å². The van der Waals surface area contributed by atoms with Crippen LogP contribution in [0.4, 0.5) is 4.79 Å². The van der Waals surface area contributed by atoms with Crippen LogP contribution in [0.1, 0.15) is 32.7 Å². The second kappa shape index (κ2) is 7.94. The molecule has 5 nitrogen and oxygen atoms in total. The van der Waals surface area contributed by atoms with E-state index in [4.69, 9.17) is 21.1 Å². The van der Waals surface area contributed by atoms with Gasteiger partial charge < -0.3 is 9.47 Å². The first-order valence-corrected chi connectivity index (χ1v) is 9.59. The molecule has 28 heavy (non-hydrogen) atoms. The Hall–Kier alpha value is -2.36. The van der Waals surface area contributed by atoms with Crippen LogP contribution in [0.3, 0.4) is 0 Å². The molecule has 0 saturated heterocycles. The summed E-state index contributed by atoms with van der Waals surface area (Å²) >= 11 is 6.44. The summed E-state index contributed by atoms with van der Waals surface area (Å²) in [5, 5.41) is 2.46. The van der Waals surface area contributed by atoms with Crippen molar-refractivity contribution in [1.29, 1.82) is 0 Å². The van der Waals surface area contributed by atoms with Gasteiger partial charge >= 0.3 is 12.1 Å². The Morgan fingerprint density at radius 3 is 2.46 bits per heavy atom. The fraction of sp³-hybridized carbons (Fsp3) is 0.238. The van der Waals surface area contributed by atoms with Gasteiger partial charge in [0.2, 0.25) is 0 Å². The number of hydrogen-bond donors (Lipinski definition) is 0. The van der Waals surface area contributed by atoms with E-state index in [-0.39, 0.29) is 0 Å². The molecule has 0 aliphatic carbocycles. The minimum Gasteiger partial charge on any atom is -0.465 e. The summed E-state index contributed by atoms with van der Waals surface area (Å²) in [6.07, 6.45) is -0.108. The minimum absolute atomic E-state index is 0.366. The topological polar surface area (TPSA) is 57.5 Å². The molecule has 0 bridgehead atoms. The Bertz CT molecular complexity index is 1100. The van der Waals surface area contributed by atoms with E-state index in [0.29, 0.717) is 17.0 Å². The van der Waals surface area contributed by atoms with E-state index >= 15 is 0 Å². The highest BCUT2D eigenvalue weighted by molar-refractivity contribution is 7.27. The van der Waals surface area contributed by atoms with Crippen molar-refractivity contribution < 1.29 is 19.1 Å². The molecule has 0 N–H and O–H groups in total. The fourth-order valence-electron chi connectivity index (χ4n) is 3.46. The van der Waals surface area contributed by atoms with E-state index in [2.05, 4.69) is 9.24 Å². The third-order valence-electron chi connectivity index (χ3n) is 4.89. The standard InChI is InChI=1S/C21H21ClNO4P/c1-11-7-14(28)10-19-16(11)8-13(23(19)21(25)27-4)9-17-12(2)15(20(24)26-3)5-6-18(17)22/h5-8,10H,9,28H2,1-4H3. The van der Waals surface area contributed by atoms with Crippen LogP contribution >= 0.6 is 20.8 Å². The van der Waals surface area contributed by atoms with Gasteiger partial charge in [-0.05, 0) is 60.1 Å². The maximum atomic E-state index is 12.5. The molecule has 0 radical (unpaired) electrons. The molecule has 0 aliphatic rings. The largest absolute Gasteiger partial charge is 0.465 e. The van der Waals surface area contributed by atoms with Crippen LogP contribution in [0.15, 0.2) is 30.3 Å². The molecule has 1 unspecified atom stereocenters. The zero-order valence-corrected chi connectivity index (χ0v) is 18.0. The Balaban J connectivity index is 2.22. The van der Waals surface area contributed by atoms with Gasteiger partial charge in [-0.1, -0.05) is 17.7 Å². The van der Waals surface area contributed by atoms with Crippen LogP contribution in [0, 0.1) is 13.8 Å². The Labute approximate surface area is 170 Å². The number of aryl methyl sites for hydroxylation is 1. The average molecular weight is 418 g/mol. The zero-order valence-electron chi connectivity index (χ0n) is 16.1. The molecule has 1 heterocycles. The molecule has 7 heteroatoms. The number of rotatable bonds is 3. The van der Waals surface area contributed by atoms with Gasteiger partial charge in [0, 0.05) is 22.5 Å². The van der Waals surface area contributed by atoms with E-state index < -0.39 is 12.1 Å². The van der Waals surface area contributed by atoms with Gasteiger partial charge in [-0.3, -0.25) is 0 Å². The molecule has 0 saturated carbocycles. The number of benzene rings is 2. The number of carbonyl (C=O) groups is 2. The highest BCUT2D eigenvalue weighted by atomic mass is 35.5. The van der Waals surface area contributed by atoms with Gasteiger partial charge in [0.15, 0.2) is 0 Å². The first kappa shape index (κ1) is 20.4. The van der Waals surface area contributed by atoms with Gasteiger partial charge in [0.25, 0.3) is 0 Å². The lowest BCUT2D eigenvalue weighted by molar-refractivity contribution is 0.0599. The predicted molar refractivity (Wildman–Crippen MR) is 114 cm³/mol. The van der Waals surface area contributed by atoms with E-state index in [0.717, 1.165) is 38.6 Å². The monoisotopic (exact) mass is 417 g/mol. The summed E-state index contributed by atoms with van der Waals surface area (Å²) in [7, 11) is 5.35. The fourth-order valence-corrected chi connectivity index (χ4v) is 4.14. The van der Waals surface area contributed by atoms with Crippen LogP contribution in [0.25, 0.3) is 10.9 Å². The van der Waals surface area contributed by atoms with Gasteiger partial charge in [-0.15, -0.1) is 9.24 Å². The number of nitrogens with zero attached hydrogens (tertiary/aromatic N) is 1. The van der Waals surface area contributed by atoms with Crippen molar-refractivity contribution in [2.45, 2.75) is 20.3 Å². The predicted octanol–water partition coefficient (Wildman–Crippen LogP) is 4.40. The molecule has 0 fully saturated rings. The lowest BCUT2D eigenvalue weighted by Gasteiger charge is -2.14. The summed E-state index contributed by atoms with van der Waals surface area (Å²) in [6.45, 7) is 3.82. The van der Waals surface area contributed by atoms with Crippen molar-refractivity contribution in [3.8, 4) is 0 Å². The maximum absolute atomic E-state index is 12.5. The molecular formula is C21H21ClNO4P. The molecule has 146 valence electrons. The Morgan fingerprint density at radius 1 is 1.11 bits per heavy atom. The quantitative estimate of drug-likeness (QED) is 0.468. The molecule has 3 aromatic rings. The number of halogens is 1. The van der Waals surface area contributed by atoms with E-state index in [9.17, 15) is 9.59 Å². The SMILES string of the molecule is COC(=O)c1ccc(Cl)c(Cc2cc3c(C)cc(P)cc3n2C(=O)OC)c1C. The minimum atomic E-state index is -0.474. The maximum Gasteiger partial charge on any atom is 0.418 e. The van der Waals surface area contributed by atoms with Gasteiger partial charge in [-0.25, -0.2) is 14.2 Å². The second-order valence-electron chi connectivity index (χ2n) is 6.58. The lowest BCUT2D eigenvalue weighted by Crippen LogP contribution is -2.16. The molecule has 1 atom stereocenters. The summed E-state index contributed by atoms with van der Waals surface area (Å²) in [4.78, 5) is 24.6. The number of fused-ring (bicyclic) bond motifs is 1. The van der Waals surface area contributed by atoms with E-state index in [1.54, 1.807) is 16.7 Å². The van der Waals surface area contributed by atoms with Crippen LogP contribution in [0.2, 0.25) is 5.02 Å². The molecule has 1 aromatic heterocycles. The zero-order chi connectivity index (χ0) is 20.6.